The Balaban J connectivity index is 1.97. The lowest BCUT2D eigenvalue weighted by molar-refractivity contribution is -0.149. The van der Waals surface area contributed by atoms with Gasteiger partial charge in [-0.3, -0.25) is 14.3 Å². The van der Waals surface area contributed by atoms with E-state index >= 15 is 0 Å². The molecule has 2 saturated heterocycles. The van der Waals surface area contributed by atoms with Gasteiger partial charge in [-0.05, 0) is 6.92 Å². The number of aryl methyl sites for hydroxylation is 1. The first-order chi connectivity index (χ1) is 7.65. The van der Waals surface area contributed by atoms with E-state index in [1.54, 1.807) is 6.92 Å². The third-order valence-corrected chi connectivity index (χ3v) is 3.11. The second-order valence-corrected chi connectivity index (χ2v) is 4.22. The fourth-order valence-electron chi connectivity index (χ4n) is 2.09. The standard InChI is InChI=1S/C10H12N2O4/c1-5-3-12(10(14)11-9(5)13)8-2-6-7(16-8)4-15-6/h3,6-8H,2,4H2,1H3,(H,11,13,14)/t6-,7-,8-/m1/s1. The molecule has 3 heterocycles. The lowest BCUT2D eigenvalue weighted by Crippen LogP contribution is -2.40. The van der Waals surface area contributed by atoms with Crippen LogP contribution < -0.4 is 11.2 Å². The van der Waals surface area contributed by atoms with Crippen LogP contribution in [-0.2, 0) is 9.47 Å². The molecule has 0 aliphatic carbocycles. The minimum atomic E-state index is -0.429. The maximum absolute atomic E-state index is 11.6. The Morgan fingerprint density at radius 3 is 2.81 bits per heavy atom. The third kappa shape index (κ3) is 1.34. The number of aromatic nitrogens is 2. The van der Waals surface area contributed by atoms with E-state index in [1.807, 2.05) is 0 Å². The zero-order chi connectivity index (χ0) is 11.3. The Bertz CT molecular complexity index is 520. The molecule has 3 rings (SSSR count). The summed E-state index contributed by atoms with van der Waals surface area (Å²) in [5.41, 5.74) is -0.274. The first-order valence-electron chi connectivity index (χ1n) is 5.24. The second kappa shape index (κ2) is 3.29. The lowest BCUT2D eigenvalue weighted by Gasteiger charge is -2.28. The van der Waals surface area contributed by atoms with Crippen LogP contribution in [-0.4, -0.2) is 28.4 Å². The van der Waals surface area contributed by atoms with E-state index in [2.05, 4.69) is 4.98 Å². The van der Waals surface area contributed by atoms with Crippen molar-refractivity contribution in [2.45, 2.75) is 31.8 Å². The molecule has 2 aliphatic rings. The average molecular weight is 224 g/mol. The molecule has 86 valence electrons. The van der Waals surface area contributed by atoms with E-state index in [0.29, 0.717) is 18.6 Å². The Morgan fingerprint density at radius 1 is 1.44 bits per heavy atom. The molecule has 1 aromatic heterocycles. The molecule has 0 bridgehead atoms. The summed E-state index contributed by atoms with van der Waals surface area (Å²) in [7, 11) is 0. The molecule has 6 heteroatoms. The van der Waals surface area contributed by atoms with Gasteiger partial charge < -0.3 is 9.47 Å². The fraction of sp³-hybridized carbons (Fsp3) is 0.600. The van der Waals surface area contributed by atoms with Crippen molar-refractivity contribution < 1.29 is 9.47 Å². The van der Waals surface area contributed by atoms with Gasteiger partial charge in [-0.15, -0.1) is 0 Å². The number of fused-ring (bicyclic) bond motifs is 1. The van der Waals surface area contributed by atoms with Gasteiger partial charge in [-0.2, -0.15) is 0 Å². The van der Waals surface area contributed by atoms with Crippen molar-refractivity contribution in [3.63, 3.8) is 0 Å². The van der Waals surface area contributed by atoms with Crippen molar-refractivity contribution in [3.8, 4) is 0 Å². The van der Waals surface area contributed by atoms with E-state index < -0.39 is 5.69 Å². The molecular weight excluding hydrogens is 212 g/mol. The molecule has 0 aromatic carbocycles. The normalized spacial score (nSPS) is 32.2. The Hall–Kier alpha value is -1.40. The molecule has 3 atom stereocenters. The van der Waals surface area contributed by atoms with Crippen molar-refractivity contribution in [2.24, 2.45) is 0 Å². The summed E-state index contributed by atoms with van der Waals surface area (Å²) < 4.78 is 12.4. The maximum atomic E-state index is 11.6. The highest BCUT2D eigenvalue weighted by Crippen LogP contribution is 2.35. The van der Waals surface area contributed by atoms with E-state index in [1.165, 1.54) is 10.8 Å². The molecular formula is C10H12N2O4. The molecule has 0 radical (unpaired) electrons. The van der Waals surface area contributed by atoms with Crippen LogP contribution in [0.3, 0.4) is 0 Å². The van der Waals surface area contributed by atoms with E-state index in [-0.39, 0.29) is 24.0 Å². The Labute approximate surface area is 90.8 Å². The number of nitrogens with one attached hydrogen (secondary N) is 1. The number of aromatic amines is 1. The van der Waals surface area contributed by atoms with Crippen LogP contribution >= 0.6 is 0 Å². The van der Waals surface area contributed by atoms with Gasteiger partial charge in [0.25, 0.3) is 5.56 Å². The van der Waals surface area contributed by atoms with Crippen LogP contribution in [0.15, 0.2) is 15.8 Å². The molecule has 0 amide bonds. The highest BCUT2D eigenvalue weighted by atomic mass is 16.6. The molecule has 1 N–H and O–H groups in total. The van der Waals surface area contributed by atoms with Gasteiger partial charge in [0.15, 0.2) is 0 Å². The van der Waals surface area contributed by atoms with Gasteiger partial charge in [0.05, 0.1) is 12.7 Å². The second-order valence-electron chi connectivity index (χ2n) is 4.22. The number of hydrogen-bond donors (Lipinski definition) is 1. The van der Waals surface area contributed by atoms with Gasteiger partial charge in [0.2, 0.25) is 0 Å². The predicted octanol–water partition coefficient (Wildman–Crippen LogP) is -0.469. The van der Waals surface area contributed by atoms with Crippen LogP contribution in [0.2, 0.25) is 0 Å². The topological polar surface area (TPSA) is 73.3 Å². The van der Waals surface area contributed by atoms with Gasteiger partial charge >= 0.3 is 5.69 Å². The van der Waals surface area contributed by atoms with Crippen molar-refractivity contribution >= 4 is 0 Å². The fourth-order valence-corrected chi connectivity index (χ4v) is 2.09. The highest BCUT2D eigenvalue weighted by molar-refractivity contribution is 5.02. The summed E-state index contributed by atoms with van der Waals surface area (Å²) in [6, 6.07) is 0. The molecule has 6 nitrogen and oxygen atoms in total. The number of nitrogens with zero attached hydrogens (tertiary/aromatic N) is 1. The molecule has 0 saturated carbocycles. The molecule has 0 spiro atoms. The Kier molecular flexibility index (Phi) is 2.02. The number of rotatable bonds is 1. The van der Waals surface area contributed by atoms with Crippen LogP contribution in [0, 0.1) is 6.92 Å². The SMILES string of the molecule is Cc1cn([C@H]2C[C@H]3OC[C@H]3O2)c(=O)[nH]c1=O. The van der Waals surface area contributed by atoms with Gasteiger partial charge in [-0.25, -0.2) is 4.79 Å². The Morgan fingerprint density at radius 2 is 2.25 bits per heavy atom. The smallest absolute Gasteiger partial charge is 0.330 e. The van der Waals surface area contributed by atoms with Crippen LogP contribution in [0.1, 0.15) is 18.2 Å². The molecule has 0 unspecified atom stereocenters. The van der Waals surface area contributed by atoms with Crippen molar-refractivity contribution in [1.29, 1.82) is 0 Å². The van der Waals surface area contributed by atoms with Gasteiger partial charge in [-0.1, -0.05) is 0 Å². The minimum Gasteiger partial charge on any atom is -0.372 e. The quantitative estimate of drug-likeness (QED) is 0.700. The van der Waals surface area contributed by atoms with E-state index in [4.69, 9.17) is 9.47 Å². The zero-order valence-electron chi connectivity index (χ0n) is 8.80. The summed E-state index contributed by atoms with van der Waals surface area (Å²) in [5.74, 6) is 0. The van der Waals surface area contributed by atoms with Crippen molar-refractivity contribution in [3.05, 3.63) is 32.6 Å². The number of ether oxygens (including phenoxy) is 2. The third-order valence-electron chi connectivity index (χ3n) is 3.11. The average Bonchev–Trinajstić information content (AvgIpc) is 2.49. The summed E-state index contributed by atoms with van der Waals surface area (Å²) in [6.07, 6.45) is 2.08. The maximum Gasteiger partial charge on any atom is 0.330 e. The molecule has 16 heavy (non-hydrogen) atoms. The number of H-pyrrole nitrogens is 1. The van der Waals surface area contributed by atoms with Crippen LogP contribution in [0.4, 0.5) is 0 Å². The van der Waals surface area contributed by atoms with Crippen LogP contribution in [0.25, 0.3) is 0 Å². The van der Waals surface area contributed by atoms with E-state index in [0.717, 1.165) is 0 Å². The first-order valence-corrected chi connectivity index (χ1v) is 5.24. The first kappa shape index (κ1) is 9.80. The lowest BCUT2D eigenvalue weighted by atomic mass is 10.1. The number of hydrogen-bond acceptors (Lipinski definition) is 4. The van der Waals surface area contributed by atoms with E-state index in [9.17, 15) is 9.59 Å². The monoisotopic (exact) mass is 224 g/mol. The summed E-state index contributed by atoms with van der Waals surface area (Å²) in [4.78, 5) is 25.1. The summed E-state index contributed by atoms with van der Waals surface area (Å²) in [6.45, 7) is 2.26. The zero-order valence-corrected chi connectivity index (χ0v) is 8.80. The van der Waals surface area contributed by atoms with Crippen molar-refractivity contribution in [2.75, 3.05) is 6.61 Å². The van der Waals surface area contributed by atoms with Gasteiger partial charge in [0.1, 0.15) is 12.3 Å². The molecule has 2 fully saturated rings. The summed E-state index contributed by atoms with van der Waals surface area (Å²) >= 11 is 0. The molecule has 2 aliphatic heterocycles. The van der Waals surface area contributed by atoms with Crippen molar-refractivity contribution in [1.82, 2.24) is 9.55 Å². The summed E-state index contributed by atoms with van der Waals surface area (Å²) in [5, 5.41) is 0. The highest BCUT2D eigenvalue weighted by Gasteiger charge is 2.44. The largest absolute Gasteiger partial charge is 0.372 e. The van der Waals surface area contributed by atoms with Crippen LogP contribution in [0.5, 0.6) is 0 Å². The van der Waals surface area contributed by atoms with Gasteiger partial charge in [0, 0.05) is 18.2 Å². The predicted molar refractivity (Wildman–Crippen MR) is 54.3 cm³/mol. The minimum absolute atomic E-state index is 0.101. The molecule has 1 aromatic rings.